The maximum atomic E-state index is 5.76. The first kappa shape index (κ1) is 12.5. The summed E-state index contributed by atoms with van der Waals surface area (Å²) in [5.74, 6) is 2.89. The zero-order chi connectivity index (χ0) is 13.1. The maximum Gasteiger partial charge on any atom is 0.128 e. The minimum Gasteiger partial charge on any atom is -0.466 e. The van der Waals surface area contributed by atoms with Crippen LogP contribution in [-0.2, 0) is 6.42 Å². The van der Waals surface area contributed by atoms with Crippen molar-refractivity contribution in [2.24, 2.45) is 0 Å². The van der Waals surface area contributed by atoms with Gasteiger partial charge >= 0.3 is 0 Å². The molecule has 96 valence electrons. The highest BCUT2D eigenvalue weighted by Gasteiger charge is 2.06. The van der Waals surface area contributed by atoms with E-state index in [0.29, 0.717) is 0 Å². The van der Waals surface area contributed by atoms with Crippen LogP contribution in [-0.4, -0.2) is 18.6 Å². The van der Waals surface area contributed by atoms with E-state index in [1.54, 1.807) is 0 Å². The first-order chi connectivity index (χ1) is 8.56. The number of aromatic nitrogens is 1. The first-order valence-corrected chi connectivity index (χ1v) is 6.06. The number of nitrogens with two attached hydrogens (primary N) is 1. The average Bonchev–Trinajstić information content (AvgIpc) is 2.75. The van der Waals surface area contributed by atoms with Crippen LogP contribution in [0.2, 0.25) is 0 Å². The number of anilines is 2. The molecule has 0 atom stereocenters. The summed E-state index contributed by atoms with van der Waals surface area (Å²) in [4.78, 5) is 6.56. The number of aryl methyl sites for hydroxylation is 2. The molecule has 0 spiro atoms. The van der Waals surface area contributed by atoms with Gasteiger partial charge in [0.05, 0.1) is 11.4 Å². The average molecular weight is 245 g/mol. The normalized spacial score (nSPS) is 10.6. The van der Waals surface area contributed by atoms with E-state index in [4.69, 9.17) is 10.2 Å². The quantitative estimate of drug-likeness (QED) is 0.899. The summed E-state index contributed by atoms with van der Waals surface area (Å²) in [5.41, 5.74) is 7.36. The number of nitrogens with zero attached hydrogens (tertiary/aromatic N) is 2. The van der Waals surface area contributed by atoms with Crippen molar-refractivity contribution in [2.45, 2.75) is 20.3 Å². The second-order valence-electron chi connectivity index (χ2n) is 4.53. The summed E-state index contributed by atoms with van der Waals surface area (Å²) in [5, 5.41) is 0. The van der Waals surface area contributed by atoms with Gasteiger partial charge in [-0.3, -0.25) is 0 Å². The standard InChI is InChI=1S/C14H19N3O/c1-10-4-5-12(18-10)8-9-17(3)14-7-6-13(15)11(2)16-14/h4-7H,8-9,15H2,1-3H3. The molecule has 0 aromatic carbocycles. The van der Waals surface area contributed by atoms with Crippen LogP contribution in [0.5, 0.6) is 0 Å². The molecule has 0 aliphatic carbocycles. The van der Waals surface area contributed by atoms with Gasteiger partial charge in [0.15, 0.2) is 0 Å². The Kier molecular flexibility index (Phi) is 3.55. The van der Waals surface area contributed by atoms with Crippen LogP contribution in [0.3, 0.4) is 0 Å². The van der Waals surface area contributed by atoms with Crippen LogP contribution in [0.4, 0.5) is 11.5 Å². The molecule has 0 fully saturated rings. The lowest BCUT2D eigenvalue weighted by atomic mass is 10.3. The van der Waals surface area contributed by atoms with E-state index < -0.39 is 0 Å². The Balaban J connectivity index is 1.99. The predicted octanol–water partition coefficient (Wildman–Crippen LogP) is 2.55. The maximum absolute atomic E-state index is 5.76. The van der Waals surface area contributed by atoms with E-state index in [1.807, 2.05) is 45.2 Å². The van der Waals surface area contributed by atoms with Crippen LogP contribution in [0.25, 0.3) is 0 Å². The zero-order valence-electron chi connectivity index (χ0n) is 11.1. The molecule has 18 heavy (non-hydrogen) atoms. The van der Waals surface area contributed by atoms with Gasteiger partial charge in [0.25, 0.3) is 0 Å². The predicted molar refractivity (Wildman–Crippen MR) is 73.8 cm³/mol. The third-order valence-corrected chi connectivity index (χ3v) is 2.99. The summed E-state index contributed by atoms with van der Waals surface area (Å²) in [6.45, 7) is 4.74. The molecule has 0 bridgehead atoms. The van der Waals surface area contributed by atoms with Crippen molar-refractivity contribution >= 4 is 11.5 Å². The number of pyridine rings is 1. The Bertz CT molecular complexity index is 534. The van der Waals surface area contributed by atoms with Gasteiger partial charge in [0, 0.05) is 20.0 Å². The Morgan fingerprint density at radius 2 is 2.00 bits per heavy atom. The highest BCUT2D eigenvalue weighted by molar-refractivity contribution is 5.50. The van der Waals surface area contributed by atoms with Gasteiger partial charge in [-0.2, -0.15) is 0 Å². The lowest BCUT2D eigenvalue weighted by Crippen LogP contribution is -2.21. The molecule has 0 saturated heterocycles. The topological polar surface area (TPSA) is 55.3 Å². The second kappa shape index (κ2) is 5.12. The van der Waals surface area contributed by atoms with Crippen molar-refractivity contribution in [1.29, 1.82) is 0 Å². The minimum atomic E-state index is 0.730. The molecular weight excluding hydrogens is 226 g/mol. The Morgan fingerprint density at radius 3 is 2.61 bits per heavy atom. The van der Waals surface area contributed by atoms with Crippen LogP contribution in [0, 0.1) is 13.8 Å². The van der Waals surface area contributed by atoms with E-state index in [9.17, 15) is 0 Å². The smallest absolute Gasteiger partial charge is 0.128 e. The third kappa shape index (κ3) is 2.83. The molecule has 4 heteroatoms. The van der Waals surface area contributed by atoms with Crippen molar-refractivity contribution in [3.05, 3.63) is 41.5 Å². The van der Waals surface area contributed by atoms with E-state index in [-0.39, 0.29) is 0 Å². The van der Waals surface area contributed by atoms with Gasteiger partial charge in [-0.15, -0.1) is 0 Å². The Hall–Kier alpha value is -1.97. The van der Waals surface area contributed by atoms with Crippen molar-refractivity contribution in [3.8, 4) is 0 Å². The van der Waals surface area contributed by atoms with Crippen molar-refractivity contribution in [1.82, 2.24) is 4.98 Å². The molecule has 2 heterocycles. The van der Waals surface area contributed by atoms with E-state index in [0.717, 1.165) is 41.7 Å². The number of hydrogen-bond acceptors (Lipinski definition) is 4. The van der Waals surface area contributed by atoms with Crippen molar-refractivity contribution in [3.63, 3.8) is 0 Å². The summed E-state index contributed by atoms with van der Waals surface area (Å²) in [6.07, 6.45) is 0.870. The number of rotatable bonds is 4. The molecule has 0 amide bonds. The molecule has 4 nitrogen and oxygen atoms in total. The number of nitrogen functional groups attached to an aromatic ring is 1. The molecule has 0 saturated carbocycles. The molecular formula is C14H19N3O. The second-order valence-corrected chi connectivity index (χ2v) is 4.53. The van der Waals surface area contributed by atoms with Crippen molar-refractivity contribution < 1.29 is 4.42 Å². The van der Waals surface area contributed by atoms with E-state index >= 15 is 0 Å². The number of furan rings is 1. The molecule has 0 radical (unpaired) electrons. The van der Waals surface area contributed by atoms with E-state index in [2.05, 4.69) is 9.88 Å². The van der Waals surface area contributed by atoms with Gasteiger partial charge in [-0.05, 0) is 38.1 Å². The monoisotopic (exact) mass is 245 g/mol. The van der Waals surface area contributed by atoms with Gasteiger partial charge in [0.2, 0.25) is 0 Å². The number of hydrogen-bond donors (Lipinski definition) is 1. The van der Waals surface area contributed by atoms with Crippen molar-refractivity contribution in [2.75, 3.05) is 24.2 Å². The molecule has 0 unspecified atom stereocenters. The lowest BCUT2D eigenvalue weighted by Gasteiger charge is -2.18. The largest absolute Gasteiger partial charge is 0.466 e. The summed E-state index contributed by atoms with van der Waals surface area (Å²) in [7, 11) is 2.02. The van der Waals surface area contributed by atoms with Gasteiger partial charge in [-0.1, -0.05) is 0 Å². The van der Waals surface area contributed by atoms with Crippen LogP contribution >= 0.6 is 0 Å². The minimum absolute atomic E-state index is 0.730. The summed E-state index contributed by atoms with van der Waals surface area (Å²) >= 11 is 0. The number of likely N-dealkylation sites (N-methyl/N-ethyl adjacent to an activating group) is 1. The molecule has 2 rings (SSSR count). The van der Waals surface area contributed by atoms with Gasteiger partial charge in [0.1, 0.15) is 17.3 Å². The SMILES string of the molecule is Cc1ccc(CCN(C)c2ccc(N)c(C)n2)o1. The van der Waals surface area contributed by atoms with Crippen LogP contribution < -0.4 is 10.6 Å². The Morgan fingerprint density at radius 1 is 1.22 bits per heavy atom. The molecule has 0 aliphatic heterocycles. The highest BCUT2D eigenvalue weighted by atomic mass is 16.3. The molecule has 2 aromatic heterocycles. The highest BCUT2D eigenvalue weighted by Crippen LogP contribution is 2.15. The lowest BCUT2D eigenvalue weighted by molar-refractivity contribution is 0.483. The first-order valence-electron chi connectivity index (χ1n) is 6.06. The van der Waals surface area contributed by atoms with Gasteiger partial charge < -0.3 is 15.1 Å². The fourth-order valence-corrected chi connectivity index (χ4v) is 1.78. The van der Waals surface area contributed by atoms with E-state index in [1.165, 1.54) is 0 Å². The summed E-state index contributed by atoms with van der Waals surface area (Å²) in [6, 6.07) is 7.84. The van der Waals surface area contributed by atoms with Crippen LogP contribution in [0.15, 0.2) is 28.7 Å². The Labute approximate surface area is 107 Å². The third-order valence-electron chi connectivity index (χ3n) is 2.99. The van der Waals surface area contributed by atoms with Crippen LogP contribution in [0.1, 0.15) is 17.2 Å². The fourth-order valence-electron chi connectivity index (χ4n) is 1.78. The molecule has 2 aromatic rings. The fraction of sp³-hybridized carbons (Fsp3) is 0.357. The molecule has 0 aliphatic rings. The zero-order valence-corrected chi connectivity index (χ0v) is 11.1. The molecule has 2 N–H and O–H groups in total. The van der Waals surface area contributed by atoms with Gasteiger partial charge in [-0.25, -0.2) is 4.98 Å². The summed E-state index contributed by atoms with van der Waals surface area (Å²) < 4.78 is 5.55.